The average molecular weight is 385 g/mol. The van der Waals surface area contributed by atoms with Crippen molar-refractivity contribution in [2.24, 2.45) is 11.8 Å². The lowest BCUT2D eigenvalue weighted by Crippen LogP contribution is -2.42. The Hall–Kier alpha value is -2.14. The number of nitrogens with zero attached hydrogens (tertiary/aromatic N) is 2. The van der Waals surface area contributed by atoms with Crippen molar-refractivity contribution in [1.82, 2.24) is 9.80 Å². The lowest BCUT2D eigenvalue weighted by atomic mass is 9.91. The van der Waals surface area contributed by atoms with E-state index in [0.29, 0.717) is 49.3 Å². The van der Waals surface area contributed by atoms with Crippen LogP contribution < -0.4 is 0 Å². The van der Waals surface area contributed by atoms with Crippen LogP contribution >= 0.6 is 0 Å². The Morgan fingerprint density at radius 2 is 1.68 bits per heavy atom. The molecule has 152 valence electrons. The van der Waals surface area contributed by atoms with E-state index in [0.717, 1.165) is 30.6 Å². The Bertz CT molecular complexity index is 744. The molecule has 0 aliphatic carbocycles. The third kappa shape index (κ3) is 4.30. The molecule has 5 heteroatoms. The third-order valence-electron chi connectivity index (χ3n) is 5.54. The molecule has 2 aliphatic rings. The minimum absolute atomic E-state index is 0.154. The summed E-state index contributed by atoms with van der Waals surface area (Å²) >= 11 is 0. The summed E-state index contributed by atoms with van der Waals surface area (Å²) in [4.78, 5) is 30.1. The van der Waals surface area contributed by atoms with Crippen LogP contribution in [0.15, 0.2) is 30.0 Å². The van der Waals surface area contributed by atoms with E-state index in [1.807, 2.05) is 38.1 Å². The zero-order chi connectivity index (χ0) is 20.3. The van der Waals surface area contributed by atoms with Crippen LogP contribution in [0.1, 0.15) is 44.7 Å². The summed E-state index contributed by atoms with van der Waals surface area (Å²) in [6.45, 7) is 11.6. The fraction of sp³-hybridized carbons (Fsp3) is 0.565. The summed E-state index contributed by atoms with van der Waals surface area (Å²) in [7, 11) is 0. The SMILES string of the molecule is CCOCCCN1C(=O)C(c2ccc(C)cc2)=C(N2CC(C)CC(C)C2)C1=O. The van der Waals surface area contributed by atoms with E-state index in [-0.39, 0.29) is 11.8 Å². The van der Waals surface area contributed by atoms with Gasteiger partial charge in [0.1, 0.15) is 5.70 Å². The highest BCUT2D eigenvalue weighted by Crippen LogP contribution is 2.35. The number of piperidine rings is 1. The van der Waals surface area contributed by atoms with Gasteiger partial charge >= 0.3 is 0 Å². The van der Waals surface area contributed by atoms with Gasteiger partial charge in [-0.05, 0) is 44.1 Å². The second-order valence-corrected chi connectivity index (χ2v) is 8.25. The predicted molar refractivity (Wildman–Crippen MR) is 110 cm³/mol. The Morgan fingerprint density at radius 3 is 2.29 bits per heavy atom. The number of ether oxygens (including phenoxy) is 1. The number of aryl methyl sites for hydroxylation is 1. The number of benzene rings is 1. The second kappa shape index (κ2) is 8.91. The zero-order valence-electron chi connectivity index (χ0n) is 17.5. The first-order valence-electron chi connectivity index (χ1n) is 10.4. The number of likely N-dealkylation sites (tertiary alicyclic amines) is 1. The monoisotopic (exact) mass is 384 g/mol. The zero-order valence-corrected chi connectivity index (χ0v) is 17.5. The van der Waals surface area contributed by atoms with Gasteiger partial charge in [-0.1, -0.05) is 43.7 Å². The molecule has 0 saturated carbocycles. The van der Waals surface area contributed by atoms with Crippen molar-refractivity contribution in [3.8, 4) is 0 Å². The quantitative estimate of drug-likeness (QED) is 0.533. The number of imide groups is 1. The summed E-state index contributed by atoms with van der Waals surface area (Å²) in [5.41, 5.74) is 3.11. The molecule has 3 rings (SSSR count). The van der Waals surface area contributed by atoms with E-state index in [9.17, 15) is 9.59 Å². The van der Waals surface area contributed by atoms with Crippen molar-refractivity contribution < 1.29 is 14.3 Å². The number of rotatable bonds is 7. The van der Waals surface area contributed by atoms with Crippen LogP contribution in [-0.4, -0.2) is 54.5 Å². The van der Waals surface area contributed by atoms with Gasteiger partial charge in [0.05, 0.1) is 5.57 Å². The molecule has 1 aromatic rings. The highest BCUT2D eigenvalue weighted by atomic mass is 16.5. The molecule has 5 nitrogen and oxygen atoms in total. The molecule has 0 bridgehead atoms. The van der Waals surface area contributed by atoms with E-state index in [2.05, 4.69) is 18.7 Å². The summed E-state index contributed by atoms with van der Waals surface area (Å²) < 4.78 is 5.39. The van der Waals surface area contributed by atoms with Gasteiger partial charge in [0.25, 0.3) is 11.8 Å². The van der Waals surface area contributed by atoms with Gasteiger partial charge in [-0.2, -0.15) is 0 Å². The van der Waals surface area contributed by atoms with E-state index in [1.165, 1.54) is 4.90 Å². The Kier molecular flexibility index (Phi) is 6.55. The average Bonchev–Trinajstić information content (AvgIpc) is 2.89. The summed E-state index contributed by atoms with van der Waals surface area (Å²) in [6.07, 6.45) is 1.82. The topological polar surface area (TPSA) is 49.9 Å². The van der Waals surface area contributed by atoms with E-state index in [1.54, 1.807) is 0 Å². The molecule has 1 saturated heterocycles. The van der Waals surface area contributed by atoms with Gasteiger partial charge in [0, 0.05) is 32.8 Å². The summed E-state index contributed by atoms with van der Waals surface area (Å²) in [5, 5.41) is 0. The van der Waals surface area contributed by atoms with Crippen molar-refractivity contribution >= 4 is 17.4 Å². The molecule has 0 N–H and O–H groups in total. The van der Waals surface area contributed by atoms with Crippen molar-refractivity contribution in [3.63, 3.8) is 0 Å². The number of carbonyl (C=O) groups is 2. The molecule has 0 spiro atoms. The predicted octanol–water partition coefficient (Wildman–Crippen LogP) is 3.48. The molecule has 28 heavy (non-hydrogen) atoms. The van der Waals surface area contributed by atoms with Gasteiger partial charge < -0.3 is 9.64 Å². The minimum Gasteiger partial charge on any atom is -0.382 e. The van der Waals surface area contributed by atoms with Gasteiger partial charge in [-0.3, -0.25) is 14.5 Å². The maximum atomic E-state index is 13.3. The maximum Gasteiger partial charge on any atom is 0.277 e. The lowest BCUT2D eigenvalue weighted by molar-refractivity contribution is -0.137. The minimum atomic E-state index is -0.175. The molecule has 2 atom stereocenters. The highest BCUT2D eigenvalue weighted by molar-refractivity contribution is 6.35. The van der Waals surface area contributed by atoms with Crippen LogP contribution in [0.25, 0.3) is 5.57 Å². The molecule has 2 heterocycles. The normalized spacial score (nSPS) is 23.1. The second-order valence-electron chi connectivity index (χ2n) is 8.25. The number of carbonyl (C=O) groups excluding carboxylic acids is 2. The van der Waals surface area contributed by atoms with Gasteiger partial charge in [0.2, 0.25) is 0 Å². The van der Waals surface area contributed by atoms with Crippen molar-refractivity contribution in [2.45, 2.75) is 40.5 Å². The fourth-order valence-electron chi connectivity index (χ4n) is 4.35. The maximum absolute atomic E-state index is 13.3. The Labute approximate surface area is 168 Å². The van der Waals surface area contributed by atoms with E-state index >= 15 is 0 Å². The first-order valence-corrected chi connectivity index (χ1v) is 10.4. The first kappa shape index (κ1) is 20.6. The molecule has 0 radical (unpaired) electrons. The summed E-state index contributed by atoms with van der Waals surface area (Å²) in [6, 6.07) is 7.90. The van der Waals surface area contributed by atoms with Crippen molar-refractivity contribution in [2.75, 3.05) is 32.8 Å². The summed E-state index contributed by atoms with van der Waals surface area (Å²) in [5.74, 6) is 0.681. The molecule has 2 amide bonds. The van der Waals surface area contributed by atoms with Crippen LogP contribution in [0.3, 0.4) is 0 Å². The Morgan fingerprint density at radius 1 is 1.04 bits per heavy atom. The lowest BCUT2D eigenvalue weighted by Gasteiger charge is -2.37. The van der Waals surface area contributed by atoms with Crippen LogP contribution in [0, 0.1) is 18.8 Å². The van der Waals surface area contributed by atoms with Gasteiger partial charge in [-0.25, -0.2) is 0 Å². The highest BCUT2D eigenvalue weighted by Gasteiger charge is 2.42. The van der Waals surface area contributed by atoms with Crippen LogP contribution in [0.5, 0.6) is 0 Å². The molecule has 2 unspecified atom stereocenters. The Balaban J connectivity index is 1.94. The standard InChI is InChI=1S/C23H32N2O3/c1-5-28-12-6-11-25-22(26)20(19-9-7-16(2)8-10-19)21(23(25)27)24-14-17(3)13-18(4)15-24/h7-10,17-18H,5-6,11-15H2,1-4H3. The van der Waals surface area contributed by atoms with Crippen LogP contribution in [0.4, 0.5) is 0 Å². The number of hydrogen-bond donors (Lipinski definition) is 0. The van der Waals surface area contributed by atoms with Gasteiger partial charge in [-0.15, -0.1) is 0 Å². The van der Waals surface area contributed by atoms with E-state index < -0.39 is 0 Å². The third-order valence-corrected chi connectivity index (χ3v) is 5.54. The largest absolute Gasteiger partial charge is 0.382 e. The van der Waals surface area contributed by atoms with Crippen LogP contribution in [-0.2, 0) is 14.3 Å². The van der Waals surface area contributed by atoms with Crippen molar-refractivity contribution in [1.29, 1.82) is 0 Å². The number of hydrogen-bond acceptors (Lipinski definition) is 4. The van der Waals surface area contributed by atoms with E-state index in [4.69, 9.17) is 4.74 Å². The fourth-order valence-corrected chi connectivity index (χ4v) is 4.35. The number of amides is 2. The molecule has 0 aromatic heterocycles. The molecule has 2 aliphatic heterocycles. The van der Waals surface area contributed by atoms with Gasteiger partial charge in [0.15, 0.2) is 0 Å². The van der Waals surface area contributed by atoms with Crippen molar-refractivity contribution in [3.05, 3.63) is 41.1 Å². The smallest absolute Gasteiger partial charge is 0.277 e. The van der Waals surface area contributed by atoms with Crippen LogP contribution in [0.2, 0.25) is 0 Å². The molecular formula is C23H32N2O3. The molecule has 1 aromatic carbocycles. The molecule has 1 fully saturated rings. The molecular weight excluding hydrogens is 352 g/mol. The first-order chi connectivity index (χ1) is 13.4.